The lowest BCUT2D eigenvalue weighted by molar-refractivity contribution is 0.235. The van der Waals surface area contributed by atoms with Crippen LogP contribution in [0.1, 0.15) is 19.9 Å². The Morgan fingerprint density at radius 2 is 1.86 bits per heavy atom. The largest absolute Gasteiger partial charge is 0.479 e. The number of anilines is 3. The summed E-state index contributed by atoms with van der Waals surface area (Å²) >= 11 is 0. The lowest BCUT2D eigenvalue weighted by Crippen LogP contribution is -2.47. The third-order valence-electron chi connectivity index (χ3n) is 6.39. The van der Waals surface area contributed by atoms with Crippen LogP contribution in [0.4, 0.5) is 26.2 Å². The molecule has 0 bridgehead atoms. The first-order valence-electron chi connectivity index (χ1n) is 12.2. The smallest absolute Gasteiger partial charge is 0.242 e. The Kier molecular flexibility index (Phi) is 7.08. The molecule has 0 unspecified atom stereocenters. The molecule has 1 aliphatic rings. The fourth-order valence-corrected chi connectivity index (χ4v) is 4.40. The molecule has 12 heteroatoms. The van der Waals surface area contributed by atoms with E-state index < -0.39 is 5.82 Å². The molecule has 0 saturated carbocycles. The quantitative estimate of drug-likeness (QED) is 0.380. The zero-order chi connectivity index (χ0) is 25.9. The fraction of sp³-hybridized carbons (Fsp3) is 0.400. The second-order valence-electron chi connectivity index (χ2n) is 9.06. The Morgan fingerprint density at radius 1 is 1.05 bits per heavy atom. The predicted molar refractivity (Wildman–Crippen MR) is 138 cm³/mol. The van der Waals surface area contributed by atoms with Crippen LogP contribution in [0.5, 0.6) is 5.88 Å². The van der Waals surface area contributed by atoms with Crippen LogP contribution in [-0.4, -0.2) is 80.9 Å². The van der Waals surface area contributed by atoms with Gasteiger partial charge in [-0.1, -0.05) is 0 Å². The number of piperazine rings is 1. The van der Waals surface area contributed by atoms with Crippen LogP contribution in [0, 0.1) is 5.82 Å². The van der Waals surface area contributed by atoms with Crippen LogP contribution in [0.3, 0.4) is 0 Å². The Bertz CT molecular complexity index is 1370. The molecule has 1 N–H and O–H groups in total. The number of pyridine rings is 2. The van der Waals surface area contributed by atoms with Gasteiger partial charge in [0.1, 0.15) is 18.2 Å². The van der Waals surface area contributed by atoms with Gasteiger partial charge in [0.2, 0.25) is 11.8 Å². The Balaban J connectivity index is 1.37. The summed E-state index contributed by atoms with van der Waals surface area (Å²) in [5, 5.41) is 3.04. The highest BCUT2D eigenvalue weighted by Gasteiger charge is 2.19. The molecule has 5 rings (SSSR count). The normalized spacial score (nSPS) is 14.5. The van der Waals surface area contributed by atoms with Crippen LogP contribution in [0.25, 0.3) is 22.4 Å². The van der Waals surface area contributed by atoms with Crippen molar-refractivity contribution in [3.05, 3.63) is 42.7 Å². The Hall–Kier alpha value is -3.93. The SMILES string of the molecule is COc1nc(-c2nc(Nc3ccc(N4CCN(CCF)CC4)cn3)ncc2F)cc2c1ncn2C(C)C. The van der Waals surface area contributed by atoms with Crippen molar-refractivity contribution in [2.45, 2.75) is 19.9 Å². The van der Waals surface area contributed by atoms with Gasteiger partial charge in [0.05, 0.1) is 42.7 Å². The molecule has 0 amide bonds. The number of rotatable bonds is 8. The van der Waals surface area contributed by atoms with E-state index in [1.165, 1.54) is 7.11 Å². The minimum atomic E-state index is -0.606. The molecule has 5 heterocycles. The summed E-state index contributed by atoms with van der Waals surface area (Å²) in [6.45, 7) is 7.49. The van der Waals surface area contributed by atoms with E-state index >= 15 is 0 Å². The van der Waals surface area contributed by atoms with E-state index in [0.717, 1.165) is 43.6 Å². The zero-order valence-electron chi connectivity index (χ0n) is 21.0. The van der Waals surface area contributed by atoms with E-state index in [-0.39, 0.29) is 24.4 Å². The number of ether oxygens (including phenoxy) is 1. The average molecular weight is 510 g/mol. The van der Waals surface area contributed by atoms with E-state index in [0.29, 0.717) is 29.5 Å². The van der Waals surface area contributed by atoms with Crippen LogP contribution >= 0.6 is 0 Å². The summed E-state index contributed by atoms with van der Waals surface area (Å²) in [7, 11) is 1.50. The van der Waals surface area contributed by atoms with Crippen molar-refractivity contribution in [1.82, 2.24) is 34.4 Å². The number of hydrogen-bond acceptors (Lipinski definition) is 9. The molecule has 1 aliphatic heterocycles. The van der Waals surface area contributed by atoms with Crippen molar-refractivity contribution >= 4 is 28.5 Å². The van der Waals surface area contributed by atoms with Crippen LogP contribution in [0.15, 0.2) is 36.9 Å². The Morgan fingerprint density at radius 3 is 2.54 bits per heavy atom. The van der Waals surface area contributed by atoms with Gasteiger partial charge in [-0.15, -0.1) is 0 Å². The minimum Gasteiger partial charge on any atom is -0.479 e. The third-order valence-corrected chi connectivity index (χ3v) is 6.39. The number of methoxy groups -OCH3 is 1. The molecule has 37 heavy (non-hydrogen) atoms. The predicted octanol–water partition coefficient (Wildman–Crippen LogP) is 3.85. The molecule has 10 nitrogen and oxygen atoms in total. The highest BCUT2D eigenvalue weighted by atomic mass is 19.1. The fourth-order valence-electron chi connectivity index (χ4n) is 4.40. The van der Waals surface area contributed by atoms with Crippen LogP contribution in [-0.2, 0) is 0 Å². The highest BCUT2D eigenvalue weighted by molar-refractivity contribution is 5.84. The van der Waals surface area contributed by atoms with Crippen molar-refractivity contribution in [2.75, 3.05) is 56.7 Å². The second-order valence-corrected chi connectivity index (χ2v) is 9.06. The minimum absolute atomic E-state index is 0.0389. The number of halogens is 2. The maximum Gasteiger partial charge on any atom is 0.242 e. The molecule has 1 saturated heterocycles. The molecule has 0 atom stereocenters. The molecule has 0 spiro atoms. The lowest BCUT2D eigenvalue weighted by atomic mass is 10.2. The standard InChI is InChI=1S/C25H29F2N9O/c1-16(2)36-15-30-23-20(36)12-19(31-24(23)37-3)22-18(27)14-29-25(33-22)32-21-5-4-17(13-28-21)35-10-8-34(7-6-26)9-11-35/h4-5,12-16H,6-11H2,1-3H3,(H,28,29,32,33). The topological polar surface area (TPSA) is 97.1 Å². The van der Waals surface area contributed by atoms with Gasteiger partial charge in [-0.3, -0.25) is 4.90 Å². The monoisotopic (exact) mass is 509 g/mol. The lowest BCUT2D eigenvalue weighted by Gasteiger charge is -2.35. The van der Waals surface area contributed by atoms with E-state index in [1.54, 1.807) is 18.6 Å². The third kappa shape index (κ3) is 5.15. The molecule has 1 fully saturated rings. The van der Waals surface area contributed by atoms with Gasteiger partial charge in [0.15, 0.2) is 11.3 Å². The first-order valence-corrected chi connectivity index (χ1v) is 12.2. The average Bonchev–Trinajstić information content (AvgIpc) is 3.35. The van der Waals surface area contributed by atoms with Crippen molar-refractivity contribution in [2.24, 2.45) is 0 Å². The van der Waals surface area contributed by atoms with Crippen molar-refractivity contribution in [3.63, 3.8) is 0 Å². The number of alkyl halides is 1. The van der Waals surface area contributed by atoms with Gasteiger partial charge in [-0.05, 0) is 32.0 Å². The molecular weight excluding hydrogens is 480 g/mol. The first kappa shape index (κ1) is 24.8. The van der Waals surface area contributed by atoms with Crippen LogP contribution < -0.4 is 15.0 Å². The maximum absolute atomic E-state index is 14.8. The molecular formula is C25H29F2N9O. The van der Waals surface area contributed by atoms with Gasteiger partial charge in [-0.2, -0.15) is 0 Å². The summed E-state index contributed by atoms with van der Waals surface area (Å²) in [6, 6.07) is 5.67. The zero-order valence-corrected chi connectivity index (χ0v) is 21.0. The van der Waals surface area contributed by atoms with Gasteiger partial charge in [-0.25, -0.2) is 33.7 Å². The van der Waals surface area contributed by atoms with Crippen molar-refractivity contribution in [3.8, 4) is 17.3 Å². The molecule has 194 valence electrons. The van der Waals surface area contributed by atoms with E-state index in [1.807, 2.05) is 30.5 Å². The van der Waals surface area contributed by atoms with Gasteiger partial charge in [0, 0.05) is 38.8 Å². The van der Waals surface area contributed by atoms with Gasteiger partial charge < -0.3 is 19.5 Å². The molecule has 0 aliphatic carbocycles. The summed E-state index contributed by atoms with van der Waals surface area (Å²) < 4.78 is 34.8. The second kappa shape index (κ2) is 10.6. The molecule has 0 radical (unpaired) electrons. The number of fused-ring (bicyclic) bond motifs is 1. The van der Waals surface area contributed by atoms with E-state index in [4.69, 9.17) is 4.74 Å². The van der Waals surface area contributed by atoms with E-state index in [9.17, 15) is 8.78 Å². The number of imidazole rings is 1. The summed E-state index contributed by atoms with van der Waals surface area (Å²) in [6.07, 6.45) is 4.59. The number of nitrogens with zero attached hydrogens (tertiary/aromatic N) is 8. The summed E-state index contributed by atoms with van der Waals surface area (Å²) in [5.74, 6) is 0.401. The van der Waals surface area contributed by atoms with Gasteiger partial charge in [0.25, 0.3) is 0 Å². The first-order chi connectivity index (χ1) is 18.0. The van der Waals surface area contributed by atoms with Crippen molar-refractivity contribution in [1.29, 1.82) is 0 Å². The highest BCUT2D eigenvalue weighted by Crippen LogP contribution is 2.30. The summed E-state index contributed by atoms with van der Waals surface area (Å²) in [5.41, 5.74) is 2.70. The molecule has 4 aromatic rings. The maximum atomic E-state index is 14.8. The van der Waals surface area contributed by atoms with Crippen LogP contribution in [0.2, 0.25) is 0 Å². The number of aromatic nitrogens is 6. The van der Waals surface area contributed by atoms with Gasteiger partial charge >= 0.3 is 0 Å². The Labute approximate surface area is 213 Å². The van der Waals surface area contributed by atoms with E-state index in [2.05, 4.69) is 40.0 Å². The number of nitrogens with one attached hydrogen (secondary N) is 1. The summed E-state index contributed by atoms with van der Waals surface area (Å²) in [4.78, 5) is 26.1. The van der Waals surface area contributed by atoms with Crippen molar-refractivity contribution < 1.29 is 13.5 Å². The molecule has 4 aromatic heterocycles. The number of hydrogen-bond donors (Lipinski definition) is 1. The molecule has 0 aromatic carbocycles.